The maximum Gasteiger partial charge on any atom is 0.347 e. The summed E-state index contributed by atoms with van der Waals surface area (Å²) in [5.41, 5.74) is 0.987. The largest absolute Gasteiger partial charge is 0.486 e. The molecular weight excluding hydrogens is 376 g/mol. The van der Waals surface area contributed by atoms with Crippen molar-refractivity contribution < 1.29 is 28.5 Å². The first-order valence-electron chi connectivity index (χ1n) is 9.04. The van der Waals surface area contributed by atoms with Crippen LogP contribution in [-0.2, 0) is 14.3 Å². The van der Waals surface area contributed by atoms with Crippen molar-refractivity contribution in [2.45, 2.75) is 26.1 Å². The van der Waals surface area contributed by atoms with Crippen LogP contribution in [0.25, 0.3) is 0 Å². The third-order valence-electron chi connectivity index (χ3n) is 4.10. The summed E-state index contributed by atoms with van der Waals surface area (Å²) in [5, 5.41) is 11.5. The summed E-state index contributed by atoms with van der Waals surface area (Å²) in [6, 6.07) is 13.4. The fourth-order valence-corrected chi connectivity index (χ4v) is 2.55. The topological polar surface area (TPSA) is 107 Å². The number of anilines is 1. The maximum atomic E-state index is 12.3. The molecule has 0 saturated heterocycles. The normalized spacial score (nSPS) is 14.1. The molecule has 0 saturated carbocycles. The highest BCUT2D eigenvalue weighted by atomic mass is 16.6. The first-order chi connectivity index (χ1) is 14.0. The number of fused-ring (bicyclic) bond motifs is 1. The molecule has 8 nitrogen and oxygen atoms in total. The lowest BCUT2D eigenvalue weighted by Gasteiger charge is -2.20. The van der Waals surface area contributed by atoms with Gasteiger partial charge in [-0.25, -0.2) is 4.79 Å². The van der Waals surface area contributed by atoms with Crippen LogP contribution >= 0.6 is 0 Å². The molecule has 2 atom stereocenters. The number of nitrogens with zero attached hydrogens (tertiary/aromatic N) is 1. The van der Waals surface area contributed by atoms with Crippen LogP contribution in [0.4, 0.5) is 5.69 Å². The zero-order valence-corrected chi connectivity index (χ0v) is 16.0. The SMILES string of the molecule is C[C@H](Oc1ccc(C#N)cc1)C(=O)O[C@H](C)C(=O)Nc1ccc2c(c1)OCCO2. The van der Waals surface area contributed by atoms with E-state index in [-0.39, 0.29) is 0 Å². The fraction of sp³-hybridized carbons (Fsp3) is 0.286. The molecule has 1 amide bonds. The quantitative estimate of drug-likeness (QED) is 0.748. The van der Waals surface area contributed by atoms with Crippen LogP contribution in [0, 0.1) is 11.3 Å². The molecule has 1 N–H and O–H groups in total. The Balaban J connectivity index is 1.52. The highest BCUT2D eigenvalue weighted by Gasteiger charge is 2.24. The van der Waals surface area contributed by atoms with E-state index in [9.17, 15) is 9.59 Å². The molecule has 1 aliphatic rings. The van der Waals surface area contributed by atoms with E-state index in [0.717, 1.165) is 0 Å². The minimum atomic E-state index is -1.03. The van der Waals surface area contributed by atoms with E-state index in [1.807, 2.05) is 6.07 Å². The second-order valence-electron chi connectivity index (χ2n) is 6.32. The van der Waals surface area contributed by atoms with Crippen LogP contribution in [0.1, 0.15) is 19.4 Å². The number of hydrogen-bond acceptors (Lipinski definition) is 7. The smallest absolute Gasteiger partial charge is 0.347 e. The molecule has 0 bridgehead atoms. The Bertz CT molecular complexity index is 935. The van der Waals surface area contributed by atoms with Gasteiger partial charge < -0.3 is 24.3 Å². The van der Waals surface area contributed by atoms with Crippen LogP contribution in [0.3, 0.4) is 0 Å². The van der Waals surface area contributed by atoms with Gasteiger partial charge in [0.2, 0.25) is 0 Å². The summed E-state index contributed by atoms with van der Waals surface area (Å²) in [7, 11) is 0. The van der Waals surface area contributed by atoms with Crippen LogP contribution in [-0.4, -0.2) is 37.3 Å². The number of carbonyl (C=O) groups is 2. The molecule has 2 aromatic carbocycles. The Kier molecular flexibility index (Phi) is 6.19. The van der Waals surface area contributed by atoms with Gasteiger partial charge in [0.15, 0.2) is 23.7 Å². The predicted molar refractivity (Wildman–Crippen MR) is 103 cm³/mol. The van der Waals surface area contributed by atoms with Gasteiger partial charge in [0.1, 0.15) is 19.0 Å². The third kappa shape index (κ3) is 5.17. The van der Waals surface area contributed by atoms with Gasteiger partial charge in [-0.05, 0) is 50.2 Å². The molecule has 8 heteroatoms. The summed E-state index contributed by atoms with van der Waals surface area (Å²) < 4.78 is 21.6. The Labute approximate surface area is 167 Å². The summed E-state index contributed by atoms with van der Waals surface area (Å²) in [4.78, 5) is 24.5. The maximum absolute atomic E-state index is 12.3. The first-order valence-corrected chi connectivity index (χ1v) is 9.04. The lowest BCUT2D eigenvalue weighted by atomic mass is 10.2. The number of benzene rings is 2. The molecule has 150 valence electrons. The van der Waals surface area contributed by atoms with Crippen molar-refractivity contribution in [1.82, 2.24) is 0 Å². The van der Waals surface area contributed by atoms with Crippen LogP contribution in [0.5, 0.6) is 17.2 Å². The molecule has 1 aliphatic heterocycles. The Morgan fingerprint density at radius 2 is 1.72 bits per heavy atom. The van der Waals surface area contributed by atoms with E-state index in [1.165, 1.54) is 13.8 Å². The van der Waals surface area contributed by atoms with E-state index < -0.39 is 24.1 Å². The average molecular weight is 396 g/mol. The number of nitriles is 1. The number of carbonyl (C=O) groups excluding carboxylic acids is 2. The number of hydrogen-bond donors (Lipinski definition) is 1. The highest BCUT2D eigenvalue weighted by molar-refractivity contribution is 5.95. The summed E-state index contributed by atoms with van der Waals surface area (Å²) >= 11 is 0. The molecule has 1 heterocycles. The van der Waals surface area contributed by atoms with Crippen molar-refractivity contribution >= 4 is 17.6 Å². The van der Waals surface area contributed by atoms with Gasteiger partial charge in [0, 0.05) is 11.8 Å². The second-order valence-corrected chi connectivity index (χ2v) is 6.32. The minimum absolute atomic E-state index is 0.418. The lowest BCUT2D eigenvalue weighted by molar-refractivity contribution is -0.159. The molecule has 0 aliphatic carbocycles. The van der Waals surface area contributed by atoms with Crippen molar-refractivity contribution in [1.29, 1.82) is 5.26 Å². The number of esters is 1. The zero-order valence-electron chi connectivity index (χ0n) is 16.0. The van der Waals surface area contributed by atoms with E-state index in [4.69, 9.17) is 24.2 Å². The molecule has 0 unspecified atom stereocenters. The minimum Gasteiger partial charge on any atom is -0.486 e. The Morgan fingerprint density at radius 1 is 1.03 bits per heavy atom. The Morgan fingerprint density at radius 3 is 2.41 bits per heavy atom. The van der Waals surface area contributed by atoms with Crippen LogP contribution in [0.2, 0.25) is 0 Å². The highest BCUT2D eigenvalue weighted by Crippen LogP contribution is 2.32. The molecule has 0 radical (unpaired) electrons. The predicted octanol–water partition coefficient (Wildman–Crippen LogP) is 2.67. The number of rotatable bonds is 6. The van der Waals surface area contributed by atoms with E-state index in [1.54, 1.807) is 42.5 Å². The molecule has 3 rings (SSSR count). The second kappa shape index (κ2) is 8.97. The fourth-order valence-electron chi connectivity index (χ4n) is 2.55. The Hall–Kier alpha value is -3.73. The molecule has 2 aromatic rings. The van der Waals surface area contributed by atoms with Crippen molar-refractivity contribution in [3.63, 3.8) is 0 Å². The van der Waals surface area contributed by atoms with Crippen molar-refractivity contribution in [2.75, 3.05) is 18.5 Å². The zero-order chi connectivity index (χ0) is 20.8. The van der Waals surface area contributed by atoms with Crippen LogP contribution in [0.15, 0.2) is 42.5 Å². The van der Waals surface area contributed by atoms with E-state index >= 15 is 0 Å². The van der Waals surface area contributed by atoms with Gasteiger partial charge >= 0.3 is 5.97 Å². The number of nitrogens with one attached hydrogen (secondary N) is 1. The summed E-state index contributed by atoms with van der Waals surface area (Å²) in [5.74, 6) is 0.409. The summed E-state index contributed by atoms with van der Waals surface area (Å²) in [6.07, 6.45) is -1.95. The molecule has 0 aromatic heterocycles. The van der Waals surface area contributed by atoms with Crippen molar-refractivity contribution in [2.24, 2.45) is 0 Å². The number of amides is 1. The molecule has 0 spiro atoms. The van der Waals surface area contributed by atoms with Crippen LogP contribution < -0.4 is 19.5 Å². The van der Waals surface area contributed by atoms with Gasteiger partial charge in [-0.1, -0.05) is 0 Å². The first kappa shape index (κ1) is 20.0. The standard InChI is InChI=1S/C21H20N2O6/c1-13(20(24)23-16-5-8-18-19(11-16)27-10-9-26-18)29-21(25)14(2)28-17-6-3-15(12-22)4-7-17/h3-8,11,13-14H,9-10H2,1-2H3,(H,23,24)/t13-,14+/m1/s1. The summed E-state index contributed by atoms with van der Waals surface area (Å²) in [6.45, 7) is 3.91. The third-order valence-corrected chi connectivity index (χ3v) is 4.10. The van der Waals surface area contributed by atoms with Crippen molar-refractivity contribution in [3.8, 4) is 23.3 Å². The van der Waals surface area contributed by atoms with Gasteiger partial charge in [-0.3, -0.25) is 4.79 Å². The monoisotopic (exact) mass is 396 g/mol. The van der Waals surface area contributed by atoms with Gasteiger partial charge in [0.25, 0.3) is 5.91 Å². The molecule has 29 heavy (non-hydrogen) atoms. The average Bonchev–Trinajstić information content (AvgIpc) is 2.74. The molecule has 0 fully saturated rings. The van der Waals surface area contributed by atoms with E-state index in [0.29, 0.717) is 41.7 Å². The lowest BCUT2D eigenvalue weighted by Crippen LogP contribution is -2.35. The van der Waals surface area contributed by atoms with E-state index in [2.05, 4.69) is 5.32 Å². The molecular formula is C21H20N2O6. The number of ether oxygens (including phenoxy) is 4. The van der Waals surface area contributed by atoms with Gasteiger partial charge in [-0.2, -0.15) is 5.26 Å². The van der Waals surface area contributed by atoms with Gasteiger partial charge in [-0.15, -0.1) is 0 Å². The van der Waals surface area contributed by atoms with Gasteiger partial charge in [0.05, 0.1) is 11.6 Å². The van der Waals surface area contributed by atoms with Crippen molar-refractivity contribution in [3.05, 3.63) is 48.0 Å².